The number of anilines is 1. The van der Waals surface area contributed by atoms with Gasteiger partial charge in [-0.15, -0.1) is 0 Å². The first-order chi connectivity index (χ1) is 8.56. The highest BCUT2D eigenvalue weighted by Crippen LogP contribution is 2.19. The van der Waals surface area contributed by atoms with Gasteiger partial charge in [-0.05, 0) is 17.7 Å². The zero-order valence-electron chi connectivity index (χ0n) is 9.18. The van der Waals surface area contributed by atoms with E-state index in [4.69, 9.17) is 0 Å². The highest BCUT2D eigenvalue weighted by molar-refractivity contribution is 5.46. The molecule has 0 unspecified atom stereocenters. The smallest absolute Gasteiger partial charge is 0.182 e. The largest absolute Gasteiger partial charge is 0.378 e. The summed E-state index contributed by atoms with van der Waals surface area (Å²) in [5.74, 6) is -3.65. The van der Waals surface area contributed by atoms with E-state index in [1.165, 1.54) is 24.3 Å². The number of hydrogen-bond donors (Lipinski definition) is 1. The Kier molecular flexibility index (Phi) is 3.50. The normalized spacial score (nSPS) is 10.4. The van der Waals surface area contributed by atoms with Crippen LogP contribution in [-0.4, -0.2) is 0 Å². The first-order valence-corrected chi connectivity index (χ1v) is 5.19. The number of hydrogen-bond acceptors (Lipinski definition) is 1. The molecule has 0 saturated carbocycles. The summed E-state index contributed by atoms with van der Waals surface area (Å²) < 4.78 is 51.7. The molecule has 0 aromatic heterocycles. The van der Waals surface area contributed by atoms with E-state index in [0.29, 0.717) is 11.6 Å². The fraction of sp³-hybridized carbons (Fsp3) is 0.0769. The first-order valence-electron chi connectivity index (χ1n) is 5.19. The minimum absolute atomic E-state index is 0.139. The lowest BCUT2D eigenvalue weighted by molar-refractivity contribution is 0.497. The van der Waals surface area contributed by atoms with Gasteiger partial charge in [0, 0.05) is 18.7 Å². The van der Waals surface area contributed by atoms with E-state index in [9.17, 15) is 17.6 Å². The van der Waals surface area contributed by atoms with Gasteiger partial charge >= 0.3 is 0 Å². The maximum atomic E-state index is 13.3. The molecule has 18 heavy (non-hydrogen) atoms. The number of benzene rings is 2. The van der Waals surface area contributed by atoms with Gasteiger partial charge in [-0.25, -0.2) is 17.6 Å². The molecule has 0 spiro atoms. The Hall–Kier alpha value is -2.04. The van der Waals surface area contributed by atoms with E-state index in [-0.39, 0.29) is 18.0 Å². The Morgan fingerprint density at radius 1 is 0.833 bits per heavy atom. The minimum atomic E-state index is -1.25. The lowest BCUT2D eigenvalue weighted by Crippen LogP contribution is -2.03. The van der Waals surface area contributed by atoms with Crippen LogP contribution in [0.5, 0.6) is 0 Å². The fourth-order valence-corrected chi connectivity index (χ4v) is 1.48. The van der Waals surface area contributed by atoms with Crippen LogP contribution < -0.4 is 5.32 Å². The minimum Gasteiger partial charge on any atom is -0.378 e. The highest BCUT2D eigenvalue weighted by Gasteiger charge is 2.10. The molecule has 0 bridgehead atoms. The molecule has 0 aliphatic rings. The van der Waals surface area contributed by atoms with Crippen LogP contribution in [0.25, 0.3) is 0 Å². The summed E-state index contributed by atoms with van der Waals surface area (Å²) in [6, 6.07) is 6.82. The monoisotopic (exact) mass is 255 g/mol. The highest BCUT2D eigenvalue weighted by atomic mass is 19.2. The topological polar surface area (TPSA) is 12.0 Å². The molecule has 94 valence electrons. The molecule has 2 aromatic rings. The average Bonchev–Trinajstić information content (AvgIpc) is 2.34. The third-order valence-corrected chi connectivity index (χ3v) is 2.39. The molecule has 0 radical (unpaired) electrons. The summed E-state index contributed by atoms with van der Waals surface area (Å²) in [7, 11) is 0. The Labute approximate surface area is 101 Å². The fourth-order valence-electron chi connectivity index (χ4n) is 1.48. The molecule has 0 aliphatic heterocycles. The van der Waals surface area contributed by atoms with Crippen LogP contribution >= 0.6 is 0 Å². The summed E-state index contributed by atoms with van der Waals surface area (Å²) in [6.45, 7) is 0.139. The molecule has 2 rings (SSSR count). The molecule has 5 heteroatoms. The molecular formula is C13H9F4N. The van der Waals surface area contributed by atoms with Crippen molar-refractivity contribution in [3.63, 3.8) is 0 Å². The predicted molar refractivity (Wildman–Crippen MR) is 60.0 cm³/mol. The van der Waals surface area contributed by atoms with E-state index in [1.807, 2.05) is 0 Å². The maximum Gasteiger partial charge on any atom is 0.182 e. The van der Waals surface area contributed by atoms with Crippen LogP contribution in [0.3, 0.4) is 0 Å². The number of rotatable bonds is 3. The zero-order valence-corrected chi connectivity index (χ0v) is 9.18. The van der Waals surface area contributed by atoms with Crippen LogP contribution in [0.4, 0.5) is 23.2 Å². The van der Waals surface area contributed by atoms with Gasteiger partial charge in [0.25, 0.3) is 0 Å². The summed E-state index contributed by atoms with van der Waals surface area (Å²) in [5, 5.41) is 2.55. The maximum absolute atomic E-state index is 13.3. The van der Waals surface area contributed by atoms with E-state index >= 15 is 0 Å². The summed E-state index contributed by atoms with van der Waals surface area (Å²) >= 11 is 0. The Bertz CT molecular complexity index is 552. The van der Waals surface area contributed by atoms with Crippen molar-refractivity contribution in [2.45, 2.75) is 6.54 Å². The van der Waals surface area contributed by atoms with E-state index < -0.39 is 17.5 Å². The van der Waals surface area contributed by atoms with Crippen molar-refractivity contribution in [1.29, 1.82) is 0 Å². The van der Waals surface area contributed by atoms with Gasteiger partial charge in [0.05, 0.1) is 5.69 Å². The van der Waals surface area contributed by atoms with Crippen LogP contribution in [-0.2, 0) is 6.54 Å². The lowest BCUT2D eigenvalue weighted by atomic mass is 10.2. The second-order valence-corrected chi connectivity index (χ2v) is 3.73. The Morgan fingerprint density at radius 2 is 1.50 bits per heavy atom. The van der Waals surface area contributed by atoms with Gasteiger partial charge in [-0.2, -0.15) is 0 Å². The second kappa shape index (κ2) is 5.08. The third kappa shape index (κ3) is 2.80. The van der Waals surface area contributed by atoms with E-state index in [1.54, 1.807) is 0 Å². The van der Waals surface area contributed by atoms with Crippen molar-refractivity contribution in [1.82, 2.24) is 0 Å². The van der Waals surface area contributed by atoms with Crippen molar-refractivity contribution < 1.29 is 17.6 Å². The molecule has 0 atom stereocenters. The SMILES string of the molecule is Fc1ccc(CNc2cc(F)cc(F)c2F)cc1. The van der Waals surface area contributed by atoms with Crippen molar-refractivity contribution in [3.05, 3.63) is 65.2 Å². The van der Waals surface area contributed by atoms with Crippen molar-refractivity contribution in [2.24, 2.45) is 0 Å². The summed E-state index contributed by atoms with van der Waals surface area (Å²) in [4.78, 5) is 0. The molecule has 0 amide bonds. The Balaban J connectivity index is 2.13. The number of nitrogens with one attached hydrogen (secondary N) is 1. The molecule has 0 saturated heterocycles. The van der Waals surface area contributed by atoms with Gasteiger partial charge in [0.2, 0.25) is 0 Å². The molecule has 0 heterocycles. The van der Waals surface area contributed by atoms with E-state index in [0.717, 1.165) is 6.07 Å². The molecule has 0 fully saturated rings. The lowest BCUT2D eigenvalue weighted by Gasteiger charge is -2.08. The standard InChI is InChI=1S/C13H9F4N/c14-9-3-1-8(2-4-9)7-18-12-6-10(15)5-11(16)13(12)17/h1-6,18H,7H2. The van der Waals surface area contributed by atoms with Crippen LogP contribution in [0.15, 0.2) is 36.4 Å². The van der Waals surface area contributed by atoms with Gasteiger partial charge in [-0.1, -0.05) is 12.1 Å². The van der Waals surface area contributed by atoms with Crippen LogP contribution in [0.2, 0.25) is 0 Å². The molecule has 1 N–H and O–H groups in total. The summed E-state index contributed by atoms with van der Waals surface area (Å²) in [6.07, 6.45) is 0. The van der Waals surface area contributed by atoms with Crippen molar-refractivity contribution in [2.75, 3.05) is 5.32 Å². The molecule has 0 aliphatic carbocycles. The Morgan fingerprint density at radius 3 is 2.17 bits per heavy atom. The number of halogens is 4. The van der Waals surface area contributed by atoms with Gasteiger partial charge < -0.3 is 5.32 Å². The van der Waals surface area contributed by atoms with Gasteiger partial charge in [-0.3, -0.25) is 0 Å². The van der Waals surface area contributed by atoms with E-state index in [2.05, 4.69) is 5.32 Å². The van der Waals surface area contributed by atoms with Crippen LogP contribution in [0, 0.1) is 23.3 Å². The van der Waals surface area contributed by atoms with Crippen molar-refractivity contribution in [3.8, 4) is 0 Å². The summed E-state index contributed by atoms with van der Waals surface area (Å²) in [5.41, 5.74) is 0.400. The molecule has 1 nitrogen and oxygen atoms in total. The zero-order chi connectivity index (χ0) is 13.1. The van der Waals surface area contributed by atoms with Crippen molar-refractivity contribution >= 4 is 5.69 Å². The van der Waals surface area contributed by atoms with Gasteiger partial charge in [0.15, 0.2) is 11.6 Å². The first kappa shape index (κ1) is 12.4. The third-order valence-electron chi connectivity index (χ3n) is 2.39. The average molecular weight is 255 g/mol. The molecule has 2 aromatic carbocycles. The van der Waals surface area contributed by atoms with Crippen LogP contribution in [0.1, 0.15) is 5.56 Å². The predicted octanol–water partition coefficient (Wildman–Crippen LogP) is 3.86. The van der Waals surface area contributed by atoms with Gasteiger partial charge in [0.1, 0.15) is 11.6 Å². The molecular weight excluding hydrogens is 246 g/mol. The quantitative estimate of drug-likeness (QED) is 0.648. The second-order valence-electron chi connectivity index (χ2n) is 3.73.